The number of benzene rings is 1. The first kappa shape index (κ1) is 11.4. The Labute approximate surface area is 97.9 Å². The molecule has 1 aromatic rings. The van der Waals surface area contributed by atoms with E-state index in [2.05, 4.69) is 39.0 Å². The van der Waals surface area contributed by atoms with Gasteiger partial charge in [-0.15, -0.1) is 0 Å². The highest BCUT2D eigenvalue weighted by Crippen LogP contribution is 2.37. The summed E-state index contributed by atoms with van der Waals surface area (Å²) in [6.07, 6.45) is 4.45. The molecule has 1 nitrogen and oxygen atoms in total. The second-order valence-electron chi connectivity index (χ2n) is 5.59. The Morgan fingerprint density at radius 1 is 1.38 bits per heavy atom. The van der Waals surface area contributed by atoms with Gasteiger partial charge in [0.15, 0.2) is 0 Å². The molecule has 0 heterocycles. The number of fused-ring (bicyclic) bond motifs is 1. The van der Waals surface area contributed by atoms with Gasteiger partial charge >= 0.3 is 0 Å². The van der Waals surface area contributed by atoms with Crippen molar-refractivity contribution in [3.63, 3.8) is 0 Å². The smallest absolute Gasteiger partial charge is 0.125 e. The molecule has 1 aromatic carbocycles. The van der Waals surface area contributed by atoms with Crippen molar-refractivity contribution in [1.29, 1.82) is 0 Å². The quantitative estimate of drug-likeness (QED) is 0.693. The van der Waals surface area contributed by atoms with Crippen LogP contribution in [0.15, 0.2) is 18.2 Å². The molecule has 1 heteroatoms. The van der Waals surface area contributed by atoms with Crippen molar-refractivity contribution in [1.82, 2.24) is 0 Å². The number of aryl methyl sites for hydroxylation is 2. The van der Waals surface area contributed by atoms with Crippen LogP contribution in [-0.2, 0) is 17.6 Å². The van der Waals surface area contributed by atoms with Crippen LogP contribution in [0.25, 0.3) is 0 Å². The summed E-state index contributed by atoms with van der Waals surface area (Å²) in [7, 11) is 0. The van der Waals surface area contributed by atoms with Crippen LogP contribution in [0.4, 0.5) is 0 Å². The normalized spacial score (nSPS) is 20.3. The number of hydrogen-bond acceptors (Lipinski definition) is 1. The summed E-state index contributed by atoms with van der Waals surface area (Å²) in [6.45, 7) is 6.30. The van der Waals surface area contributed by atoms with Gasteiger partial charge < -0.3 is 4.79 Å². The SMILES string of the molecule is Cc1cccc2c1CC(C(C)(C)C=O)CC2. The minimum atomic E-state index is -0.181. The molecule has 0 spiro atoms. The van der Waals surface area contributed by atoms with Crippen LogP contribution < -0.4 is 0 Å². The molecule has 0 amide bonds. The maximum absolute atomic E-state index is 11.1. The van der Waals surface area contributed by atoms with Crippen LogP contribution in [0, 0.1) is 18.3 Å². The number of aldehydes is 1. The third-order valence-electron chi connectivity index (χ3n) is 4.08. The third kappa shape index (κ3) is 1.91. The van der Waals surface area contributed by atoms with Crippen LogP contribution in [0.2, 0.25) is 0 Å². The Balaban J connectivity index is 2.30. The van der Waals surface area contributed by atoms with Crippen molar-refractivity contribution in [2.24, 2.45) is 11.3 Å². The van der Waals surface area contributed by atoms with Gasteiger partial charge in [-0.25, -0.2) is 0 Å². The fourth-order valence-electron chi connectivity index (χ4n) is 2.70. The molecule has 0 bridgehead atoms. The van der Waals surface area contributed by atoms with Gasteiger partial charge in [0, 0.05) is 5.41 Å². The second-order valence-corrected chi connectivity index (χ2v) is 5.59. The third-order valence-corrected chi connectivity index (χ3v) is 4.08. The second kappa shape index (κ2) is 4.04. The van der Waals surface area contributed by atoms with Crippen LogP contribution in [0.5, 0.6) is 0 Å². The Kier molecular flexibility index (Phi) is 2.88. The first-order chi connectivity index (χ1) is 7.54. The van der Waals surface area contributed by atoms with E-state index in [0.29, 0.717) is 5.92 Å². The number of carbonyl (C=O) groups is 1. The predicted molar refractivity (Wildman–Crippen MR) is 66.5 cm³/mol. The van der Waals surface area contributed by atoms with E-state index in [1.165, 1.54) is 16.7 Å². The van der Waals surface area contributed by atoms with Crippen LogP contribution in [0.3, 0.4) is 0 Å². The predicted octanol–water partition coefficient (Wildman–Crippen LogP) is 3.33. The molecule has 0 saturated carbocycles. The Morgan fingerprint density at radius 2 is 2.12 bits per heavy atom. The standard InChI is InChI=1S/C15H20O/c1-11-5-4-6-12-7-8-13(9-14(11)12)15(2,3)10-16/h4-6,10,13H,7-9H2,1-3H3. The average molecular weight is 216 g/mol. The van der Waals surface area contributed by atoms with Gasteiger partial charge in [-0.2, -0.15) is 0 Å². The van der Waals surface area contributed by atoms with E-state index in [0.717, 1.165) is 25.5 Å². The molecule has 16 heavy (non-hydrogen) atoms. The number of rotatable bonds is 2. The van der Waals surface area contributed by atoms with Crippen LogP contribution >= 0.6 is 0 Å². The molecule has 0 aliphatic heterocycles. The topological polar surface area (TPSA) is 17.1 Å². The molecule has 1 atom stereocenters. The highest BCUT2D eigenvalue weighted by molar-refractivity contribution is 5.59. The summed E-state index contributed by atoms with van der Waals surface area (Å²) in [4.78, 5) is 11.1. The van der Waals surface area contributed by atoms with E-state index in [1.54, 1.807) is 0 Å². The van der Waals surface area contributed by atoms with Crippen molar-refractivity contribution in [3.05, 3.63) is 34.9 Å². The lowest BCUT2D eigenvalue weighted by Gasteiger charge is -2.34. The van der Waals surface area contributed by atoms with Crippen molar-refractivity contribution in [3.8, 4) is 0 Å². The summed E-state index contributed by atoms with van der Waals surface area (Å²) in [5.74, 6) is 0.499. The summed E-state index contributed by atoms with van der Waals surface area (Å²) in [5, 5.41) is 0. The summed E-state index contributed by atoms with van der Waals surface area (Å²) in [5.41, 5.74) is 4.16. The average Bonchev–Trinajstić information content (AvgIpc) is 2.29. The zero-order chi connectivity index (χ0) is 11.8. The Bertz CT molecular complexity index is 404. The molecule has 0 saturated heterocycles. The molecule has 1 unspecified atom stereocenters. The van der Waals surface area contributed by atoms with E-state index in [1.807, 2.05) is 0 Å². The van der Waals surface area contributed by atoms with Gasteiger partial charge in [0.05, 0.1) is 0 Å². The van der Waals surface area contributed by atoms with Crippen molar-refractivity contribution < 1.29 is 4.79 Å². The lowest BCUT2D eigenvalue weighted by Crippen LogP contribution is -2.31. The highest BCUT2D eigenvalue weighted by atomic mass is 16.1. The number of carbonyl (C=O) groups excluding carboxylic acids is 1. The maximum Gasteiger partial charge on any atom is 0.125 e. The van der Waals surface area contributed by atoms with Crippen LogP contribution in [-0.4, -0.2) is 6.29 Å². The summed E-state index contributed by atoms with van der Waals surface area (Å²) < 4.78 is 0. The molecule has 2 rings (SSSR count). The van der Waals surface area contributed by atoms with E-state index < -0.39 is 0 Å². The molecule has 0 radical (unpaired) electrons. The molecule has 1 aliphatic rings. The van der Waals surface area contributed by atoms with Crippen LogP contribution in [0.1, 0.15) is 37.0 Å². The Hall–Kier alpha value is -1.11. The van der Waals surface area contributed by atoms with E-state index >= 15 is 0 Å². The molecular formula is C15H20O. The summed E-state index contributed by atoms with van der Waals surface area (Å²) >= 11 is 0. The summed E-state index contributed by atoms with van der Waals surface area (Å²) in [6, 6.07) is 6.54. The monoisotopic (exact) mass is 216 g/mol. The van der Waals surface area contributed by atoms with Crippen molar-refractivity contribution >= 4 is 6.29 Å². The zero-order valence-corrected chi connectivity index (χ0v) is 10.4. The van der Waals surface area contributed by atoms with Crippen molar-refractivity contribution in [2.45, 2.75) is 40.0 Å². The fourth-order valence-corrected chi connectivity index (χ4v) is 2.70. The minimum absolute atomic E-state index is 0.181. The first-order valence-electron chi connectivity index (χ1n) is 6.08. The molecule has 86 valence electrons. The van der Waals surface area contributed by atoms with E-state index in [-0.39, 0.29) is 5.41 Å². The molecule has 0 aromatic heterocycles. The number of hydrogen-bond donors (Lipinski definition) is 0. The molecule has 1 aliphatic carbocycles. The minimum Gasteiger partial charge on any atom is -0.303 e. The van der Waals surface area contributed by atoms with Gasteiger partial charge in [-0.05, 0) is 48.8 Å². The first-order valence-corrected chi connectivity index (χ1v) is 6.08. The fraction of sp³-hybridized carbons (Fsp3) is 0.533. The largest absolute Gasteiger partial charge is 0.303 e. The molecular weight excluding hydrogens is 196 g/mol. The zero-order valence-electron chi connectivity index (χ0n) is 10.4. The van der Waals surface area contributed by atoms with Gasteiger partial charge in [0.1, 0.15) is 6.29 Å². The van der Waals surface area contributed by atoms with Gasteiger partial charge in [0.2, 0.25) is 0 Å². The lowest BCUT2D eigenvalue weighted by molar-refractivity contribution is -0.117. The van der Waals surface area contributed by atoms with Crippen molar-refractivity contribution in [2.75, 3.05) is 0 Å². The van der Waals surface area contributed by atoms with Gasteiger partial charge in [0.25, 0.3) is 0 Å². The lowest BCUT2D eigenvalue weighted by atomic mass is 9.69. The molecule has 0 fully saturated rings. The highest BCUT2D eigenvalue weighted by Gasteiger charge is 2.32. The van der Waals surface area contributed by atoms with E-state index in [9.17, 15) is 4.79 Å². The maximum atomic E-state index is 11.1. The Morgan fingerprint density at radius 3 is 2.81 bits per heavy atom. The molecule has 0 N–H and O–H groups in total. The van der Waals surface area contributed by atoms with Gasteiger partial charge in [-0.1, -0.05) is 32.0 Å². The van der Waals surface area contributed by atoms with E-state index in [4.69, 9.17) is 0 Å². The van der Waals surface area contributed by atoms with Gasteiger partial charge in [-0.3, -0.25) is 0 Å².